The molecule has 0 fully saturated rings. The van der Waals surface area contributed by atoms with Gasteiger partial charge < -0.3 is 19.5 Å². The van der Waals surface area contributed by atoms with Gasteiger partial charge in [0.25, 0.3) is 0 Å². The van der Waals surface area contributed by atoms with Crippen molar-refractivity contribution in [3.05, 3.63) is 45.8 Å². The third kappa shape index (κ3) is 5.84. The lowest BCUT2D eigenvalue weighted by Gasteiger charge is -2.10. The van der Waals surface area contributed by atoms with Gasteiger partial charge in [0.15, 0.2) is 11.5 Å². The summed E-state index contributed by atoms with van der Waals surface area (Å²) in [6.45, 7) is 8.42. The molecule has 0 saturated carbocycles. The highest BCUT2D eigenvalue weighted by Gasteiger charge is 2.21. The molecular formula is C22H27NO5S. The van der Waals surface area contributed by atoms with Crippen molar-refractivity contribution in [2.75, 3.05) is 25.6 Å². The van der Waals surface area contributed by atoms with E-state index < -0.39 is 5.97 Å². The molecule has 2 rings (SSSR count). The van der Waals surface area contributed by atoms with Crippen molar-refractivity contribution in [1.29, 1.82) is 0 Å². The van der Waals surface area contributed by atoms with E-state index in [-0.39, 0.29) is 12.5 Å². The van der Waals surface area contributed by atoms with Crippen molar-refractivity contribution in [3.8, 4) is 11.5 Å². The lowest BCUT2D eigenvalue weighted by Crippen LogP contribution is -2.12. The van der Waals surface area contributed by atoms with E-state index in [1.54, 1.807) is 26.2 Å². The number of carbonyl (C=O) groups excluding carboxylic acids is 2. The van der Waals surface area contributed by atoms with Crippen LogP contribution < -0.4 is 14.8 Å². The molecule has 2 aromatic rings. The van der Waals surface area contributed by atoms with Crippen LogP contribution in [0.1, 0.15) is 46.6 Å². The molecule has 1 N–H and O–H groups in total. The molecule has 0 unspecified atom stereocenters. The maximum atomic E-state index is 12.4. The maximum Gasteiger partial charge on any atom is 0.341 e. The fourth-order valence-electron chi connectivity index (χ4n) is 2.61. The molecule has 29 heavy (non-hydrogen) atoms. The molecule has 156 valence electrons. The number of hydrogen-bond donors (Lipinski definition) is 1. The van der Waals surface area contributed by atoms with Gasteiger partial charge in [0.05, 0.1) is 25.9 Å². The van der Waals surface area contributed by atoms with Crippen LogP contribution in [0.15, 0.2) is 24.3 Å². The predicted molar refractivity (Wildman–Crippen MR) is 116 cm³/mol. The average Bonchev–Trinajstić information content (AvgIpc) is 2.98. The van der Waals surface area contributed by atoms with Gasteiger partial charge in [-0.15, -0.1) is 11.3 Å². The van der Waals surface area contributed by atoms with E-state index >= 15 is 0 Å². The van der Waals surface area contributed by atoms with Crippen molar-refractivity contribution in [1.82, 2.24) is 0 Å². The standard InChI is InChI=1S/C22H27NO5S/c1-6-12-28-17-10-8-16(13-18(17)26-5)9-11-19(24)23-21-20(22(25)27-7-2)14(3)15(4)29-21/h8-11,13H,6-7,12H2,1-5H3,(H,23,24)/b11-9+. The lowest BCUT2D eigenvalue weighted by molar-refractivity contribution is -0.111. The first-order chi connectivity index (χ1) is 13.9. The van der Waals surface area contributed by atoms with Gasteiger partial charge >= 0.3 is 5.97 Å². The quantitative estimate of drug-likeness (QED) is 0.460. The first-order valence-electron chi connectivity index (χ1n) is 9.48. The van der Waals surface area contributed by atoms with E-state index in [4.69, 9.17) is 14.2 Å². The molecule has 0 bridgehead atoms. The van der Waals surface area contributed by atoms with Gasteiger partial charge in [-0.05, 0) is 56.5 Å². The largest absolute Gasteiger partial charge is 0.493 e. The van der Waals surface area contributed by atoms with E-state index in [9.17, 15) is 9.59 Å². The summed E-state index contributed by atoms with van der Waals surface area (Å²) < 4.78 is 16.1. The molecule has 0 aliphatic heterocycles. The van der Waals surface area contributed by atoms with Gasteiger partial charge in [-0.25, -0.2) is 4.79 Å². The topological polar surface area (TPSA) is 73.9 Å². The first kappa shape index (κ1) is 22.5. The number of aryl methyl sites for hydroxylation is 1. The summed E-state index contributed by atoms with van der Waals surface area (Å²) in [6.07, 6.45) is 4.00. The highest BCUT2D eigenvalue weighted by molar-refractivity contribution is 7.16. The third-order valence-corrected chi connectivity index (χ3v) is 5.30. The fourth-order valence-corrected chi connectivity index (χ4v) is 3.66. The zero-order valence-corrected chi connectivity index (χ0v) is 18.3. The molecule has 0 atom stereocenters. The van der Waals surface area contributed by atoms with Crippen LogP contribution in [0.2, 0.25) is 0 Å². The minimum Gasteiger partial charge on any atom is -0.493 e. The molecule has 0 spiro atoms. The number of thiophene rings is 1. The Labute approximate surface area is 175 Å². The molecule has 7 heteroatoms. The predicted octanol–water partition coefficient (Wildman–Crippen LogP) is 4.99. The molecule has 1 aromatic heterocycles. The summed E-state index contributed by atoms with van der Waals surface area (Å²) >= 11 is 1.36. The van der Waals surface area contributed by atoms with Crippen LogP contribution >= 0.6 is 11.3 Å². The zero-order valence-electron chi connectivity index (χ0n) is 17.5. The molecular weight excluding hydrogens is 390 g/mol. The number of amides is 1. The Morgan fingerprint density at radius 3 is 2.59 bits per heavy atom. The molecule has 0 radical (unpaired) electrons. The Balaban J connectivity index is 2.14. The summed E-state index contributed by atoms with van der Waals surface area (Å²) in [7, 11) is 1.58. The second-order valence-electron chi connectivity index (χ2n) is 6.29. The Bertz CT molecular complexity index is 901. The number of nitrogens with one attached hydrogen (secondary N) is 1. The Kier molecular flexibility index (Phi) is 8.27. The molecule has 0 saturated heterocycles. The van der Waals surface area contributed by atoms with Crippen molar-refractivity contribution >= 4 is 34.3 Å². The van der Waals surface area contributed by atoms with E-state index in [0.717, 1.165) is 22.4 Å². The number of esters is 1. The van der Waals surface area contributed by atoms with E-state index in [2.05, 4.69) is 5.32 Å². The molecule has 1 amide bonds. The zero-order chi connectivity index (χ0) is 21.4. The van der Waals surface area contributed by atoms with Crippen molar-refractivity contribution in [2.45, 2.75) is 34.1 Å². The molecule has 0 aliphatic rings. The van der Waals surface area contributed by atoms with Gasteiger partial charge in [-0.3, -0.25) is 4.79 Å². The van der Waals surface area contributed by atoms with Gasteiger partial charge in [0.2, 0.25) is 5.91 Å². The lowest BCUT2D eigenvalue weighted by atomic mass is 10.1. The number of ether oxygens (including phenoxy) is 3. The summed E-state index contributed by atoms with van der Waals surface area (Å²) in [5.74, 6) is 0.512. The van der Waals surface area contributed by atoms with Gasteiger partial charge in [-0.2, -0.15) is 0 Å². The summed E-state index contributed by atoms with van der Waals surface area (Å²) in [5, 5.41) is 3.28. The van der Waals surface area contributed by atoms with E-state index in [1.807, 2.05) is 32.9 Å². The smallest absolute Gasteiger partial charge is 0.341 e. The number of carbonyl (C=O) groups is 2. The van der Waals surface area contributed by atoms with Crippen molar-refractivity contribution in [2.24, 2.45) is 0 Å². The second-order valence-corrected chi connectivity index (χ2v) is 7.51. The third-order valence-electron chi connectivity index (χ3n) is 4.18. The average molecular weight is 418 g/mol. The summed E-state index contributed by atoms with van der Waals surface area (Å²) in [4.78, 5) is 25.6. The van der Waals surface area contributed by atoms with Crippen molar-refractivity contribution in [3.63, 3.8) is 0 Å². The first-order valence-corrected chi connectivity index (χ1v) is 10.3. The van der Waals surface area contributed by atoms with Crippen LogP contribution in [0, 0.1) is 13.8 Å². The van der Waals surface area contributed by atoms with Gasteiger partial charge in [0, 0.05) is 11.0 Å². The minimum absolute atomic E-state index is 0.278. The van der Waals surface area contributed by atoms with Crippen molar-refractivity contribution < 1.29 is 23.8 Å². The summed E-state index contributed by atoms with van der Waals surface area (Å²) in [6, 6.07) is 5.47. The number of hydrogen-bond acceptors (Lipinski definition) is 6. The van der Waals surface area contributed by atoms with E-state index in [0.29, 0.717) is 28.7 Å². The van der Waals surface area contributed by atoms with Crippen LogP contribution in [0.3, 0.4) is 0 Å². The van der Waals surface area contributed by atoms with Gasteiger partial charge in [-0.1, -0.05) is 13.0 Å². The summed E-state index contributed by atoms with van der Waals surface area (Å²) in [5.41, 5.74) is 2.03. The maximum absolute atomic E-state index is 12.4. The van der Waals surface area contributed by atoms with Crippen LogP contribution in [0.25, 0.3) is 6.08 Å². The van der Waals surface area contributed by atoms with Crippen LogP contribution in [0.4, 0.5) is 5.00 Å². The molecule has 0 aliphatic carbocycles. The van der Waals surface area contributed by atoms with Crippen LogP contribution in [-0.2, 0) is 9.53 Å². The molecule has 1 heterocycles. The highest BCUT2D eigenvalue weighted by atomic mass is 32.1. The minimum atomic E-state index is -0.430. The Morgan fingerprint density at radius 2 is 1.93 bits per heavy atom. The Hall–Kier alpha value is -2.80. The number of anilines is 1. The molecule has 6 nitrogen and oxygen atoms in total. The van der Waals surface area contributed by atoms with Crippen LogP contribution in [-0.4, -0.2) is 32.2 Å². The van der Waals surface area contributed by atoms with Gasteiger partial charge in [0.1, 0.15) is 5.00 Å². The number of methoxy groups -OCH3 is 1. The Morgan fingerprint density at radius 1 is 1.17 bits per heavy atom. The normalized spacial score (nSPS) is 10.8. The number of benzene rings is 1. The molecule has 1 aromatic carbocycles. The second kappa shape index (κ2) is 10.7. The van der Waals surface area contributed by atoms with E-state index in [1.165, 1.54) is 17.4 Å². The monoisotopic (exact) mass is 417 g/mol. The fraction of sp³-hybridized carbons (Fsp3) is 0.364. The highest BCUT2D eigenvalue weighted by Crippen LogP contribution is 2.33. The number of rotatable bonds is 9. The van der Waals surface area contributed by atoms with Crippen LogP contribution in [0.5, 0.6) is 11.5 Å². The SMILES string of the molecule is CCCOc1ccc(/C=C/C(=O)Nc2sc(C)c(C)c2C(=O)OCC)cc1OC.